The van der Waals surface area contributed by atoms with E-state index in [-0.39, 0.29) is 22.6 Å². The number of sulfonamides is 1. The van der Waals surface area contributed by atoms with Crippen LogP contribution in [0.4, 0.5) is 0 Å². The van der Waals surface area contributed by atoms with Gasteiger partial charge in [0.05, 0.1) is 22.8 Å². The third-order valence-electron chi connectivity index (χ3n) is 2.36. The van der Waals surface area contributed by atoms with Gasteiger partial charge in [-0.1, -0.05) is 11.6 Å². The van der Waals surface area contributed by atoms with Crippen molar-refractivity contribution in [2.75, 3.05) is 13.2 Å². The normalized spacial score (nSPS) is 12.9. The molecule has 1 unspecified atom stereocenters. The van der Waals surface area contributed by atoms with Gasteiger partial charge in [0.2, 0.25) is 10.0 Å². The van der Waals surface area contributed by atoms with Gasteiger partial charge in [0, 0.05) is 13.2 Å². The van der Waals surface area contributed by atoms with E-state index in [1.807, 2.05) is 13.0 Å². The molecule has 0 heterocycles. The van der Waals surface area contributed by atoms with E-state index in [0.29, 0.717) is 12.2 Å². The average Bonchev–Trinajstić information content (AvgIpc) is 2.36. The summed E-state index contributed by atoms with van der Waals surface area (Å²) >= 11 is 5.87. The molecule has 5 nitrogen and oxygen atoms in total. The molecule has 1 atom stereocenters. The number of nitrogens with zero attached hydrogens (tertiary/aromatic N) is 1. The van der Waals surface area contributed by atoms with Crippen LogP contribution in [0.1, 0.15) is 19.4 Å². The Hall–Kier alpha value is -1.13. The zero-order valence-electron chi connectivity index (χ0n) is 10.7. The SMILES string of the molecule is CCOC(C)CNS(=O)(=O)c1ccc(C#N)cc1Cl. The minimum absolute atomic E-state index is 0.0237. The number of hydrogen-bond acceptors (Lipinski definition) is 4. The number of benzene rings is 1. The van der Waals surface area contributed by atoms with Gasteiger partial charge in [0.25, 0.3) is 0 Å². The summed E-state index contributed by atoms with van der Waals surface area (Å²) in [4.78, 5) is -0.0446. The third-order valence-corrected chi connectivity index (χ3v) is 4.27. The highest BCUT2D eigenvalue weighted by atomic mass is 35.5. The van der Waals surface area contributed by atoms with Crippen LogP contribution in [0.5, 0.6) is 0 Å². The summed E-state index contributed by atoms with van der Waals surface area (Å²) in [6.07, 6.45) is -0.225. The highest BCUT2D eigenvalue weighted by Gasteiger charge is 2.18. The molecule has 0 saturated carbocycles. The molecule has 0 fully saturated rings. The van der Waals surface area contributed by atoms with Gasteiger partial charge in [-0.15, -0.1) is 0 Å². The Bertz CT molecular complexity index is 581. The average molecular weight is 303 g/mol. The van der Waals surface area contributed by atoms with Crippen molar-refractivity contribution in [3.8, 4) is 6.07 Å². The zero-order valence-corrected chi connectivity index (χ0v) is 12.3. The highest BCUT2D eigenvalue weighted by Crippen LogP contribution is 2.22. The molecule has 7 heteroatoms. The van der Waals surface area contributed by atoms with Gasteiger partial charge in [0.15, 0.2) is 0 Å². The maximum atomic E-state index is 12.0. The lowest BCUT2D eigenvalue weighted by Crippen LogP contribution is -2.32. The van der Waals surface area contributed by atoms with E-state index in [1.54, 1.807) is 6.92 Å². The fourth-order valence-corrected chi connectivity index (χ4v) is 3.09. The Labute approximate surface area is 118 Å². The van der Waals surface area contributed by atoms with Crippen LogP contribution in [0.15, 0.2) is 23.1 Å². The van der Waals surface area contributed by atoms with Crippen molar-refractivity contribution in [2.24, 2.45) is 0 Å². The minimum Gasteiger partial charge on any atom is -0.377 e. The van der Waals surface area contributed by atoms with Crippen molar-refractivity contribution in [3.63, 3.8) is 0 Å². The van der Waals surface area contributed by atoms with E-state index in [2.05, 4.69) is 4.72 Å². The van der Waals surface area contributed by atoms with Crippen molar-refractivity contribution in [1.82, 2.24) is 4.72 Å². The molecule has 0 amide bonds. The molecule has 1 aromatic carbocycles. The van der Waals surface area contributed by atoms with E-state index in [0.717, 1.165) is 0 Å². The minimum atomic E-state index is -3.70. The lowest BCUT2D eigenvalue weighted by Gasteiger charge is -2.13. The molecule has 1 rings (SSSR count). The van der Waals surface area contributed by atoms with Crippen LogP contribution in [0, 0.1) is 11.3 Å². The molecule has 0 aliphatic carbocycles. The van der Waals surface area contributed by atoms with Crippen LogP contribution >= 0.6 is 11.6 Å². The number of halogens is 1. The lowest BCUT2D eigenvalue weighted by atomic mass is 10.2. The summed E-state index contributed by atoms with van der Waals surface area (Å²) in [6.45, 7) is 4.28. The number of rotatable bonds is 6. The van der Waals surface area contributed by atoms with Crippen molar-refractivity contribution < 1.29 is 13.2 Å². The van der Waals surface area contributed by atoms with E-state index in [4.69, 9.17) is 21.6 Å². The quantitative estimate of drug-likeness (QED) is 0.870. The van der Waals surface area contributed by atoms with Crippen molar-refractivity contribution in [3.05, 3.63) is 28.8 Å². The molecule has 104 valence electrons. The zero-order chi connectivity index (χ0) is 14.5. The third kappa shape index (κ3) is 4.48. The molecule has 0 saturated heterocycles. The molecular formula is C12H15ClN2O3S. The van der Waals surface area contributed by atoms with E-state index >= 15 is 0 Å². The van der Waals surface area contributed by atoms with Crippen LogP contribution in [0.3, 0.4) is 0 Å². The molecule has 0 aromatic heterocycles. The van der Waals surface area contributed by atoms with E-state index in [9.17, 15) is 8.42 Å². The van der Waals surface area contributed by atoms with Gasteiger partial charge in [-0.05, 0) is 32.0 Å². The first-order chi connectivity index (χ1) is 8.90. The van der Waals surface area contributed by atoms with E-state index in [1.165, 1.54) is 18.2 Å². The summed E-state index contributed by atoms with van der Waals surface area (Å²) in [6, 6.07) is 5.94. The first kappa shape index (κ1) is 15.9. The molecule has 0 aliphatic rings. The highest BCUT2D eigenvalue weighted by molar-refractivity contribution is 7.89. The number of nitrogens with one attached hydrogen (secondary N) is 1. The van der Waals surface area contributed by atoms with Crippen molar-refractivity contribution in [1.29, 1.82) is 5.26 Å². The van der Waals surface area contributed by atoms with Gasteiger partial charge < -0.3 is 4.74 Å². The Morgan fingerprint density at radius 3 is 2.74 bits per heavy atom. The van der Waals surface area contributed by atoms with Crippen LogP contribution in [-0.2, 0) is 14.8 Å². The van der Waals surface area contributed by atoms with Gasteiger partial charge in [-0.3, -0.25) is 0 Å². The molecular weight excluding hydrogens is 288 g/mol. The largest absolute Gasteiger partial charge is 0.377 e. The molecule has 19 heavy (non-hydrogen) atoms. The Morgan fingerprint density at radius 1 is 1.53 bits per heavy atom. The molecule has 1 N–H and O–H groups in total. The van der Waals surface area contributed by atoms with Crippen LogP contribution in [-0.4, -0.2) is 27.7 Å². The summed E-state index contributed by atoms with van der Waals surface area (Å²) in [5.41, 5.74) is 0.312. The lowest BCUT2D eigenvalue weighted by molar-refractivity contribution is 0.0799. The van der Waals surface area contributed by atoms with Gasteiger partial charge in [-0.25, -0.2) is 13.1 Å². The monoisotopic (exact) mass is 302 g/mol. The molecule has 0 radical (unpaired) electrons. The summed E-state index contributed by atoms with van der Waals surface area (Å²) < 4.78 is 31.7. The molecule has 1 aromatic rings. The first-order valence-corrected chi connectivity index (χ1v) is 7.57. The topological polar surface area (TPSA) is 79.2 Å². The Balaban J connectivity index is 2.86. The maximum Gasteiger partial charge on any atom is 0.242 e. The van der Waals surface area contributed by atoms with Gasteiger partial charge >= 0.3 is 0 Å². The molecule has 0 spiro atoms. The maximum absolute atomic E-state index is 12.0. The summed E-state index contributed by atoms with van der Waals surface area (Å²) in [5, 5.41) is 8.72. The number of ether oxygens (including phenoxy) is 1. The van der Waals surface area contributed by atoms with E-state index < -0.39 is 10.0 Å². The fourth-order valence-electron chi connectivity index (χ4n) is 1.44. The predicted octanol–water partition coefficient (Wildman–Crippen LogP) is 1.91. The van der Waals surface area contributed by atoms with Crippen LogP contribution < -0.4 is 4.72 Å². The summed E-state index contributed by atoms with van der Waals surface area (Å²) in [7, 11) is -3.70. The second-order valence-electron chi connectivity index (χ2n) is 3.87. The van der Waals surface area contributed by atoms with Gasteiger partial charge in [0.1, 0.15) is 4.90 Å². The van der Waals surface area contributed by atoms with Crippen molar-refractivity contribution in [2.45, 2.75) is 24.8 Å². The number of nitriles is 1. The summed E-state index contributed by atoms with van der Waals surface area (Å²) in [5.74, 6) is 0. The van der Waals surface area contributed by atoms with Gasteiger partial charge in [-0.2, -0.15) is 5.26 Å². The first-order valence-electron chi connectivity index (χ1n) is 5.71. The van der Waals surface area contributed by atoms with Crippen LogP contribution in [0.25, 0.3) is 0 Å². The Kier molecular flexibility index (Phi) is 5.76. The molecule has 0 bridgehead atoms. The Morgan fingerprint density at radius 2 is 2.21 bits per heavy atom. The van der Waals surface area contributed by atoms with Crippen molar-refractivity contribution >= 4 is 21.6 Å². The predicted molar refractivity (Wildman–Crippen MR) is 72.4 cm³/mol. The second-order valence-corrected chi connectivity index (χ2v) is 6.02. The standard InChI is InChI=1S/C12H15ClN2O3S/c1-3-18-9(2)8-15-19(16,17)12-5-4-10(7-14)6-11(12)13/h4-6,9,15H,3,8H2,1-2H3. The van der Waals surface area contributed by atoms with Crippen LogP contribution in [0.2, 0.25) is 5.02 Å². The fraction of sp³-hybridized carbons (Fsp3) is 0.417. The smallest absolute Gasteiger partial charge is 0.242 e. The molecule has 0 aliphatic heterocycles. The number of hydrogen-bond donors (Lipinski definition) is 1. The second kappa shape index (κ2) is 6.87.